The molecule has 0 radical (unpaired) electrons. The highest BCUT2D eigenvalue weighted by molar-refractivity contribution is 9.10. The van der Waals surface area contributed by atoms with E-state index in [4.69, 9.17) is 21.1 Å². The largest absolute Gasteiger partial charge is 0.497 e. The van der Waals surface area contributed by atoms with Crippen LogP contribution in [0.4, 0.5) is 0 Å². The van der Waals surface area contributed by atoms with Gasteiger partial charge in [-0.2, -0.15) is 0 Å². The number of hydrogen-bond acceptors (Lipinski definition) is 2. The van der Waals surface area contributed by atoms with Gasteiger partial charge in [0.15, 0.2) is 0 Å². The minimum atomic E-state index is 0.473. The summed E-state index contributed by atoms with van der Waals surface area (Å²) in [5.41, 5.74) is 2.10. The second-order valence-electron chi connectivity index (χ2n) is 4.13. The average Bonchev–Trinajstić information content (AvgIpc) is 2.43. The molecule has 0 fully saturated rings. The van der Waals surface area contributed by atoms with Gasteiger partial charge < -0.3 is 9.47 Å². The molecule has 0 aromatic heterocycles. The Morgan fingerprint density at radius 1 is 1.11 bits per heavy atom. The Hall–Kier alpha value is -1.19. The van der Waals surface area contributed by atoms with Gasteiger partial charge in [0.05, 0.1) is 11.6 Å². The first-order valence-corrected chi connectivity index (χ1v) is 7.13. The maximum absolute atomic E-state index is 5.92. The molecule has 0 aliphatic rings. The molecule has 2 aromatic carbocycles. The predicted octanol–water partition coefficient (Wildman–Crippen LogP) is 5.30. The van der Waals surface area contributed by atoms with E-state index in [-0.39, 0.29) is 0 Å². The zero-order valence-electron chi connectivity index (χ0n) is 10.7. The number of ether oxygens (including phenoxy) is 2. The van der Waals surface area contributed by atoms with E-state index in [0.717, 1.165) is 32.8 Å². The topological polar surface area (TPSA) is 18.5 Å². The van der Waals surface area contributed by atoms with Crippen LogP contribution in [0.15, 0.2) is 40.9 Å². The molecule has 19 heavy (non-hydrogen) atoms. The molecule has 0 aliphatic carbocycles. The molecule has 0 amide bonds. The zero-order chi connectivity index (χ0) is 13.8. The molecule has 0 saturated heterocycles. The van der Waals surface area contributed by atoms with Gasteiger partial charge in [0, 0.05) is 5.88 Å². The summed E-state index contributed by atoms with van der Waals surface area (Å²) in [4.78, 5) is 0. The van der Waals surface area contributed by atoms with E-state index in [1.807, 2.05) is 43.3 Å². The third-order valence-electron chi connectivity index (χ3n) is 2.77. The molecule has 0 bridgehead atoms. The van der Waals surface area contributed by atoms with Gasteiger partial charge in [0.1, 0.15) is 17.2 Å². The maximum atomic E-state index is 5.92. The third-order valence-corrected chi connectivity index (χ3v) is 3.69. The maximum Gasteiger partial charge on any atom is 0.141 e. The second kappa shape index (κ2) is 6.31. The molecular formula is C15H14BrClO2. The van der Waals surface area contributed by atoms with Crippen LogP contribution in [0.25, 0.3) is 0 Å². The van der Waals surface area contributed by atoms with Crippen molar-refractivity contribution in [3.05, 3.63) is 52.0 Å². The minimum absolute atomic E-state index is 0.473. The molecule has 0 atom stereocenters. The van der Waals surface area contributed by atoms with Crippen molar-refractivity contribution in [3.63, 3.8) is 0 Å². The van der Waals surface area contributed by atoms with E-state index in [9.17, 15) is 0 Å². The summed E-state index contributed by atoms with van der Waals surface area (Å²) in [6, 6.07) is 11.6. The first kappa shape index (κ1) is 14.2. The molecule has 0 unspecified atom stereocenters. The summed E-state index contributed by atoms with van der Waals surface area (Å²) < 4.78 is 11.9. The summed E-state index contributed by atoms with van der Waals surface area (Å²) in [5, 5.41) is 0. The number of aryl methyl sites for hydroxylation is 1. The molecule has 4 heteroatoms. The van der Waals surface area contributed by atoms with Gasteiger partial charge >= 0.3 is 0 Å². The van der Waals surface area contributed by atoms with Crippen molar-refractivity contribution in [1.82, 2.24) is 0 Å². The molecule has 2 rings (SSSR count). The SMILES string of the molecule is COc1ccc(Oc2cc(CCl)ccc2C)c(Br)c1. The van der Waals surface area contributed by atoms with Gasteiger partial charge in [-0.15, -0.1) is 11.6 Å². The lowest BCUT2D eigenvalue weighted by Crippen LogP contribution is -1.91. The predicted molar refractivity (Wildman–Crippen MR) is 81.5 cm³/mol. The summed E-state index contributed by atoms with van der Waals surface area (Å²) >= 11 is 9.32. The normalized spacial score (nSPS) is 10.3. The van der Waals surface area contributed by atoms with Gasteiger partial charge in [-0.3, -0.25) is 0 Å². The first-order valence-electron chi connectivity index (χ1n) is 5.81. The smallest absolute Gasteiger partial charge is 0.141 e. The fraction of sp³-hybridized carbons (Fsp3) is 0.200. The lowest BCUT2D eigenvalue weighted by molar-refractivity contribution is 0.412. The monoisotopic (exact) mass is 340 g/mol. The lowest BCUT2D eigenvalue weighted by atomic mass is 10.1. The molecule has 0 saturated carbocycles. The van der Waals surface area contributed by atoms with Crippen LogP contribution in [0.1, 0.15) is 11.1 Å². The Morgan fingerprint density at radius 3 is 2.53 bits per heavy atom. The highest BCUT2D eigenvalue weighted by Crippen LogP contribution is 2.34. The number of alkyl halides is 1. The van der Waals surface area contributed by atoms with Crippen molar-refractivity contribution < 1.29 is 9.47 Å². The highest BCUT2D eigenvalue weighted by atomic mass is 79.9. The quantitative estimate of drug-likeness (QED) is 0.703. The number of hydrogen-bond donors (Lipinski definition) is 0. The van der Waals surface area contributed by atoms with Crippen molar-refractivity contribution >= 4 is 27.5 Å². The van der Waals surface area contributed by atoms with Crippen LogP contribution >= 0.6 is 27.5 Å². The summed E-state index contributed by atoms with van der Waals surface area (Å²) in [7, 11) is 1.64. The van der Waals surface area contributed by atoms with Crippen LogP contribution in [0.5, 0.6) is 17.2 Å². The third kappa shape index (κ3) is 3.43. The molecule has 0 N–H and O–H groups in total. The molecule has 2 aromatic rings. The Morgan fingerprint density at radius 2 is 1.89 bits per heavy atom. The fourth-order valence-electron chi connectivity index (χ4n) is 1.65. The van der Waals surface area contributed by atoms with E-state index < -0.39 is 0 Å². The standard InChI is InChI=1S/C15H14BrClO2/c1-10-3-4-11(9-17)7-15(10)19-14-6-5-12(18-2)8-13(14)16/h3-8H,9H2,1-2H3. The van der Waals surface area contributed by atoms with Crippen molar-refractivity contribution in [2.24, 2.45) is 0 Å². The van der Waals surface area contributed by atoms with Crippen molar-refractivity contribution in [3.8, 4) is 17.2 Å². The van der Waals surface area contributed by atoms with Gasteiger partial charge in [-0.25, -0.2) is 0 Å². The van der Waals surface area contributed by atoms with Crippen LogP contribution in [0.2, 0.25) is 0 Å². The number of halogens is 2. The van der Waals surface area contributed by atoms with Crippen LogP contribution in [-0.2, 0) is 5.88 Å². The van der Waals surface area contributed by atoms with Gasteiger partial charge in [-0.05, 0) is 58.2 Å². The molecule has 0 heterocycles. The number of methoxy groups -OCH3 is 1. The van der Waals surface area contributed by atoms with E-state index in [1.165, 1.54) is 0 Å². The van der Waals surface area contributed by atoms with Gasteiger partial charge in [-0.1, -0.05) is 12.1 Å². The molecule has 100 valence electrons. The molecular weight excluding hydrogens is 328 g/mol. The van der Waals surface area contributed by atoms with Crippen molar-refractivity contribution in [2.45, 2.75) is 12.8 Å². The Kier molecular flexibility index (Phi) is 4.72. The van der Waals surface area contributed by atoms with E-state index in [2.05, 4.69) is 15.9 Å². The molecule has 0 spiro atoms. The van der Waals surface area contributed by atoms with Gasteiger partial charge in [0.25, 0.3) is 0 Å². The average molecular weight is 342 g/mol. The Bertz CT molecular complexity index is 584. The lowest BCUT2D eigenvalue weighted by Gasteiger charge is -2.12. The Balaban J connectivity index is 2.30. The van der Waals surface area contributed by atoms with Crippen LogP contribution in [0, 0.1) is 6.92 Å². The van der Waals surface area contributed by atoms with Gasteiger partial charge in [0.2, 0.25) is 0 Å². The van der Waals surface area contributed by atoms with E-state index in [1.54, 1.807) is 7.11 Å². The van der Waals surface area contributed by atoms with E-state index >= 15 is 0 Å². The van der Waals surface area contributed by atoms with Crippen molar-refractivity contribution in [1.29, 1.82) is 0 Å². The van der Waals surface area contributed by atoms with Crippen LogP contribution in [0.3, 0.4) is 0 Å². The molecule has 0 aliphatic heterocycles. The summed E-state index contributed by atoms with van der Waals surface area (Å²) in [5.74, 6) is 2.81. The van der Waals surface area contributed by atoms with Crippen LogP contribution < -0.4 is 9.47 Å². The van der Waals surface area contributed by atoms with Crippen LogP contribution in [-0.4, -0.2) is 7.11 Å². The fourth-order valence-corrected chi connectivity index (χ4v) is 2.25. The molecule has 2 nitrogen and oxygen atoms in total. The number of rotatable bonds is 4. The number of benzene rings is 2. The minimum Gasteiger partial charge on any atom is -0.497 e. The highest BCUT2D eigenvalue weighted by Gasteiger charge is 2.07. The zero-order valence-corrected chi connectivity index (χ0v) is 13.1. The van der Waals surface area contributed by atoms with E-state index in [0.29, 0.717) is 5.88 Å². The first-order chi connectivity index (χ1) is 9.13. The Labute approximate surface area is 126 Å². The van der Waals surface area contributed by atoms with Crippen molar-refractivity contribution in [2.75, 3.05) is 7.11 Å². The second-order valence-corrected chi connectivity index (χ2v) is 5.25. The summed E-state index contributed by atoms with van der Waals surface area (Å²) in [6.45, 7) is 2.00. The summed E-state index contributed by atoms with van der Waals surface area (Å²) in [6.07, 6.45) is 0.